The van der Waals surface area contributed by atoms with E-state index in [4.69, 9.17) is 4.99 Å². The van der Waals surface area contributed by atoms with Crippen LogP contribution in [0.5, 0.6) is 0 Å². The van der Waals surface area contributed by atoms with Crippen molar-refractivity contribution in [3.8, 4) is 5.69 Å². The van der Waals surface area contributed by atoms with E-state index in [1.807, 2.05) is 34.3 Å². The van der Waals surface area contributed by atoms with Crippen LogP contribution in [0.25, 0.3) is 5.69 Å². The number of benzene rings is 1. The molecule has 0 amide bonds. The molecule has 1 aromatic carbocycles. The number of aromatic nitrogens is 2. The molecule has 4 rings (SSSR count). The summed E-state index contributed by atoms with van der Waals surface area (Å²) in [5.74, 6) is 0.886. The Labute approximate surface area is 199 Å². The van der Waals surface area contributed by atoms with Gasteiger partial charge in [0.1, 0.15) is 0 Å². The number of hydrogen-bond donors (Lipinski definition) is 2. The van der Waals surface area contributed by atoms with Gasteiger partial charge < -0.3 is 15.5 Å². The van der Waals surface area contributed by atoms with Gasteiger partial charge in [-0.15, -0.1) is 35.3 Å². The fourth-order valence-corrected chi connectivity index (χ4v) is 4.44. The smallest absolute Gasteiger partial charge is 0.191 e. The lowest BCUT2D eigenvalue weighted by atomic mass is 10.1. The number of hydrogen-bond acceptors (Lipinski definition) is 4. The molecule has 2 N–H and O–H groups in total. The van der Waals surface area contributed by atoms with Crippen LogP contribution in [-0.4, -0.2) is 41.4 Å². The molecule has 160 valence electrons. The van der Waals surface area contributed by atoms with Crippen molar-refractivity contribution in [3.05, 3.63) is 65.8 Å². The zero-order valence-corrected chi connectivity index (χ0v) is 20.3. The van der Waals surface area contributed by atoms with Crippen LogP contribution in [-0.2, 0) is 6.54 Å². The third kappa shape index (κ3) is 5.75. The van der Waals surface area contributed by atoms with Gasteiger partial charge in [-0.05, 0) is 55.0 Å². The van der Waals surface area contributed by atoms with Crippen LogP contribution in [0.4, 0.5) is 5.00 Å². The van der Waals surface area contributed by atoms with Gasteiger partial charge in [-0.1, -0.05) is 18.2 Å². The van der Waals surface area contributed by atoms with E-state index in [0.717, 1.165) is 49.7 Å². The molecule has 0 aliphatic carbocycles. The summed E-state index contributed by atoms with van der Waals surface area (Å²) in [6.45, 7) is 5.73. The fourth-order valence-electron chi connectivity index (χ4n) is 3.65. The molecule has 0 spiro atoms. The van der Waals surface area contributed by atoms with E-state index in [-0.39, 0.29) is 24.0 Å². The molecule has 0 radical (unpaired) electrons. The van der Waals surface area contributed by atoms with Crippen molar-refractivity contribution in [2.45, 2.75) is 32.4 Å². The normalized spacial score (nSPS) is 15.0. The highest BCUT2D eigenvalue weighted by Crippen LogP contribution is 2.24. The minimum Gasteiger partial charge on any atom is -0.363 e. The summed E-state index contributed by atoms with van der Waals surface area (Å²) < 4.78 is 1.89. The van der Waals surface area contributed by atoms with E-state index >= 15 is 0 Å². The molecule has 30 heavy (non-hydrogen) atoms. The molecule has 1 saturated heterocycles. The first-order chi connectivity index (χ1) is 14.3. The number of nitrogens with zero attached hydrogens (tertiary/aromatic N) is 4. The number of piperidine rings is 1. The Bertz CT molecular complexity index is 902. The third-order valence-corrected chi connectivity index (χ3v) is 6.08. The first-order valence-electron chi connectivity index (χ1n) is 10.2. The van der Waals surface area contributed by atoms with Crippen LogP contribution in [0.3, 0.4) is 0 Å². The molecule has 0 unspecified atom stereocenters. The molecular formula is C22H29IN6S. The van der Waals surface area contributed by atoms with Crippen LogP contribution in [0.2, 0.25) is 0 Å². The molecule has 8 heteroatoms. The van der Waals surface area contributed by atoms with Gasteiger partial charge in [0.25, 0.3) is 0 Å². The number of rotatable bonds is 6. The fraction of sp³-hybridized carbons (Fsp3) is 0.364. The Morgan fingerprint density at radius 2 is 2.00 bits per heavy atom. The maximum absolute atomic E-state index is 4.86. The maximum Gasteiger partial charge on any atom is 0.191 e. The molecule has 1 aliphatic rings. The van der Waals surface area contributed by atoms with E-state index in [2.05, 4.69) is 63.3 Å². The van der Waals surface area contributed by atoms with Gasteiger partial charge in [0, 0.05) is 38.1 Å². The minimum atomic E-state index is 0. The molecule has 0 bridgehead atoms. The zero-order valence-electron chi connectivity index (χ0n) is 17.2. The summed E-state index contributed by atoms with van der Waals surface area (Å²) in [6, 6.07) is 15.0. The Morgan fingerprint density at radius 3 is 2.70 bits per heavy atom. The highest BCUT2D eigenvalue weighted by Gasteiger charge is 2.20. The Kier molecular flexibility index (Phi) is 8.56. The lowest BCUT2D eigenvalue weighted by molar-refractivity contribution is 0.463. The molecule has 3 aromatic rings. The van der Waals surface area contributed by atoms with Gasteiger partial charge in [0.05, 0.1) is 17.2 Å². The van der Waals surface area contributed by atoms with Crippen LogP contribution < -0.4 is 15.5 Å². The second-order valence-corrected chi connectivity index (χ2v) is 8.06. The van der Waals surface area contributed by atoms with E-state index < -0.39 is 0 Å². The quantitative estimate of drug-likeness (QED) is 0.281. The monoisotopic (exact) mass is 536 g/mol. The summed E-state index contributed by atoms with van der Waals surface area (Å²) in [6.07, 6.45) is 6.00. The standard InChI is InChI=1S/C22H28N6S.HI/c1-2-23-22(26-19-10-14-27(15-11-19)21-9-5-16-29-21)24-17-18-7-3-4-8-20(18)28-13-6-12-25-28;/h3-9,12-13,16,19H,2,10-11,14-15,17H2,1H3,(H2,23,24,26);1H. The van der Waals surface area contributed by atoms with Crippen molar-refractivity contribution in [2.24, 2.45) is 4.99 Å². The summed E-state index contributed by atoms with van der Waals surface area (Å²) in [5.41, 5.74) is 2.22. The Hall–Kier alpha value is -2.07. The van der Waals surface area contributed by atoms with E-state index in [9.17, 15) is 0 Å². The van der Waals surface area contributed by atoms with E-state index in [1.165, 1.54) is 5.00 Å². The summed E-state index contributed by atoms with van der Waals surface area (Å²) in [7, 11) is 0. The number of para-hydroxylation sites is 1. The van der Waals surface area contributed by atoms with Crippen molar-refractivity contribution >= 4 is 46.3 Å². The first-order valence-corrected chi connectivity index (χ1v) is 11.1. The maximum atomic E-state index is 4.86. The van der Waals surface area contributed by atoms with Gasteiger partial charge in [-0.3, -0.25) is 0 Å². The number of aliphatic imine (C=N–C) groups is 1. The second kappa shape index (κ2) is 11.4. The summed E-state index contributed by atoms with van der Waals surface area (Å²) >= 11 is 1.82. The number of halogens is 1. The first kappa shape index (κ1) is 22.6. The SMILES string of the molecule is CCNC(=NCc1ccccc1-n1cccn1)NC1CCN(c2cccs2)CC1.I. The van der Waals surface area contributed by atoms with Crippen LogP contribution >= 0.6 is 35.3 Å². The summed E-state index contributed by atoms with van der Waals surface area (Å²) in [5, 5.41) is 14.9. The second-order valence-electron chi connectivity index (χ2n) is 7.13. The van der Waals surface area contributed by atoms with Crippen LogP contribution in [0, 0.1) is 0 Å². The van der Waals surface area contributed by atoms with E-state index in [0.29, 0.717) is 12.6 Å². The number of guanidine groups is 1. The molecular weight excluding hydrogens is 507 g/mol. The molecule has 1 aliphatic heterocycles. The molecule has 3 heterocycles. The van der Waals surface area contributed by atoms with E-state index in [1.54, 1.807) is 6.20 Å². The van der Waals surface area contributed by atoms with Crippen LogP contribution in [0.15, 0.2) is 65.2 Å². The van der Waals surface area contributed by atoms with Crippen molar-refractivity contribution in [2.75, 3.05) is 24.5 Å². The predicted octanol–water partition coefficient (Wildman–Crippen LogP) is 4.28. The lowest BCUT2D eigenvalue weighted by Gasteiger charge is -2.33. The van der Waals surface area contributed by atoms with Gasteiger partial charge in [-0.25, -0.2) is 9.67 Å². The van der Waals surface area contributed by atoms with Gasteiger partial charge in [-0.2, -0.15) is 5.10 Å². The summed E-state index contributed by atoms with van der Waals surface area (Å²) in [4.78, 5) is 7.34. The minimum absolute atomic E-state index is 0. The average molecular weight is 536 g/mol. The van der Waals surface area contributed by atoms with Gasteiger partial charge >= 0.3 is 0 Å². The Balaban J connectivity index is 0.00000256. The van der Waals surface area contributed by atoms with Crippen molar-refractivity contribution in [1.82, 2.24) is 20.4 Å². The lowest BCUT2D eigenvalue weighted by Crippen LogP contribution is -2.48. The molecule has 6 nitrogen and oxygen atoms in total. The van der Waals surface area contributed by atoms with Gasteiger partial charge in [0.2, 0.25) is 0 Å². The molecule has 2 aromatic heterocycles. The number of nitrogens with one attached hydrogen (secondary N) is 2. The average Bonchev–Trinajstić information content (AvgIpc) is 3.47. The van der Waals surface area contributed by atoms with Crippen molar-refractivity contribution in [3.63, 3.8) is 0 Å². The van der Waals surface area contributed by atoms with Crippen molar-refractivity contribution in [1.29, 1.82) is 0 Å². The van der Waals surface area contributed by atoms with Crippen LogP contribution in [0.1, 0.15) is 25.3 Å². The molecule has 1 fully saturated rings. The van der Waals surface area contributed by atoms with Crippen molar-refractivity contribution < 1.29 is 0 Å². The zero-order chi connectivity index (χ0) is 19.9. The van der Waals surface area contributed by atoms with Gasteiger partial charge in [0.15, 0.2) is 5.96 Å². The Morgan fingerprint density at radius 1 is 1.17 bits per heavy atom. The largest absolute Gasteiger partial charge is 0.363 e. The molecule has 0 atom stereocenters. The topological polar surface area (TPSA) is 57.5 Å². The highest BCUT2D eigenvalue weighted by atomic mass is 127. The highest BCUT2D eigenvalue weighted by molar-refractivity contribution is 14.0. The third-order valence-electron chi connectivity index (χ3n) is 5.15. The number of thiophene rings is 1. The predicted molar refractivity (Wildman–Crippen MR) is 136 cm³/mol. The number of anilines is 1. The molecule has 0 saturated carbocycles.